The number of rotatable bonds is 3. The molecule has 22 heavy (non-hydrogen) atoms. The number of aromatic nitrogens is 2. The molecule has 0 N–H and O–H groups in total. The second kappa shape index (κ2) is 5.89. The second-order valence-electron chi connectivity index (χ2n) is 4.82. The summed E-state index contributed by atoms with van der Waals surface area (Å²) >= 11 is 7.47. The SMILES string of the molecule is CCOC(=O)c1cn(C2CSC2)c2nc(Cl)c(F)cc2c1=O. The lowest BCUT2D eigenvalue weighted by atomic mass is 10.1. The molecule has 0 spiro atoms. The zero-order valence-corrected chi connectivity index (χ0v) is 13.2. The maximum atomic E-state index is 13.7. The monoisotopic (exact) mass is 342 g/mol. The van der Waals surface area contributed by atoms with E-state index in [9.17, 15) is 14.0 Å². The minimum Gasteiger partial charge on any atom is -0.462 e. The first-order valence-electron chi connectivity index (χ1n) is 6.68. The van der Waals surface area contributed by atoms with E-state index in [2.05, 4.69) is 4.98 Å². The van der Waals surface area contributed by atoms with Crippen molar-refractivity contribution < 1.29 is 13.9 Å². The van der Waals surface area contributed by atoms with E-state index in [1.54, 1.807) is 23.3 Å². The summed E-state index contributed by atoms with van der Waals surface area (Å²) in [6.45, 7) is 1.81. The summed E-state index contributed by atoms with van der Waals surface area (Å²) in [5, 5.41) is -0.263. The number of esters is 1. The third kappa shape index (κ3) is 2.48. The first kappa shape index (κ1) is 15.3. The Labute approximate surface area is 134 Å². The predicted octanol–water partition coefficient (Wildman–Crippen LogP) is 2.65. The van der Waals surface area contributed by atoms with Crippen molar-refractivity contribution in [1.29, 1.82) is 0 Å². The fourth-order valence-corrected chi connectivity index (χ4v) is 3.14. The molecule has 0 bridgehead atoms. The number of hydrogen-bond donors (Lipinski definition) is 0. The molecule has 8 heteroatoms. The molecule has 3 heterocycles. The van der Waals surface area contributed by atoms with Crippen molar-refractivity contribution in [2.24, 2.45) is 0 Å². The molecule has 2 aromatic heterocycles. The Balaban J connectivity index is 2.30. The third-order valence-corrected chi connectivity index (χ3v) is 4.93. The molecule has 0 aromatic carbocycles. The summed E-state index contributed by atoms with van der Waals surface area (Å²) in [5.74, 6) is 0.153. The van der Waals surface area contributed by atoms with Crippen molar-refractivity contribution in [2.45, 2.75) is 13.0 Å². The molecule has 116 valence electrons. The van der Waals surface area contributed by atoms with Crippen LogP contribution in [0.5, 0.6) is 0 Å². The number of halogens is 2. The highest BCUT2D eigenvalue weighted by atomic mass is 35.5. The van der Waals surface area contributed by atoms with Crippen LogP contribution in [0.1, 0.15) is 23.3 Å². The number of hydrogen-bond acceptors (Lipinski definition) is 5. The first-order valence-corrected chi connectivity index (χ1v) is 8.22. The average molecular weight is 343 g/mol. The molecule has 1 aliphatic rings. The normalized spacial score (nSPS) is 14.9. The molecular weight excluding hydrogens is 331 g/mol. The van der Waals surface area contributed by atoms with Gasteiger partial charge < -0.3 is 9.30 Å². The van der Waals surface area contributed by atoms with E-state index in [0.29, 0.717) is 0 Å². The molecule has 2 aromatic rings. The van der Waals surface area contributed by atoms with Crippen molar-refractivity contribution in [3.63, 3.8) is 0 Å². The zero-order valence-electron chi connectivity index (χ0n) is 11.6. The third-order valence-electron chi connectivity index (χ3n) is 3.42. The standard InChI is InChI=1S/C14H12ClFN2O3S/c1-2-21-14(20)9-4-18(7-5-22-6-7)13-8(11(9)19)3-10(16)12(15)17-13/h3-4,7H,2,5-6H2,1H3. The van der Waals surface area contributed by atoms with Crippen LogP contribution < -0.4 is 5.43 Å². The van der Waals surface area contributed by atoms with E-state index < -0.39 is 17.2 Å². The quantitative estimate of drug-likeness (QED) is 0.634. The summed E-state index contributed by atoms with van der Waals surface area (Å²) in [6.07, 6.45) is 1.44. The van der Waals surface area contributed by atoms with E-state index in [-0.39, 0.29) is 34.4 Å². The molecule has 0 aliphatic carbocycles. The van der Waals surface area contributed by atoms with Gasteiger partial charge in [0.1, 0.15) is 11.2 Å². The molecule has 1 aliphatic heterocycles. The Morgan fingerprint density at radius 3 is 2.91 bits per heavy atom. The fraction of sp³-hybridized carbons (Fsp3) is 0.357. The maximum absolute atomic E-state index is 13.7. The van der Waals surface area contributed by atoms with Gasteiger partial charge in [0.25, 0.3) is 0 Å². The molecule has 0 saturated carbocycles. The van der Waals surface area contributed by atoms with Gasteiger partial charge in [-0.3, -0.25) is 4.79 Å². The van der Waals surface area contributed by atoms with Crippen LogP contribution in [0.3, 0.4) is 0 Å². The van der Waals surface area contributed by atoms with Crippen molar-refractivity contribution in [3.8, 4) is 0 Å². The number of ether oxygens (including phenoxy) is 1. The van der Waals surface area contributed by atoms with Gasteiger partial charge in [-0.2, -0.15) is 11.8 Å². The average Bonchev–Trinajstić information content (AvgIpc) is 2.42. The number of pyridine rings is 2. The molecule has 1 saturated heterocycles. The van der Waals surface area contributed by atoms with Crippen molar-refractivity contribution in [1.82, 2.24) is 9.55 Å². The van der Waals surface area contributed by atoms with E-state index in [0.717, 1.165) is 17.6 Å². The van der Waals surface area contributed by atoms with Crippen LogP contribution in [0, 0.1) is 5.82 Å². The van der Waals surface area contributed by atoms with E-state index in [1.165, 1.54) is 6.20 Å². The summed E-state index contributed by atoms with van der Waals surface area (Å²) in [4.78, 5) is 28.4. The van der Waals surface area contributed by atoms with Crippen molar-refractivity contribution in [3.05, 3.63) is 39.0 Å². The van der Waals surface area contributed by atoms with Gasteiger partial charge in [0.15, 0.2) is 11.0 Å². The number of thioether (sulfide) groups is 1. The largest absolute Gasteiger partial charge is 0.462 e. The van der Waals surface area contributed by atoms with Crippen LogP contribution >= 0.6 is 23.4 Å². The summed E-state index contributed by atoms with van der Waals surface area (Å²) in [6, 6.07) is 1.12. The molecule has 3 rings (SSSR count). The van der Waals surface area contributed by atoms with E-state index in [4.69, 9.17) is 16.3 Å². The van der Waals surface area contributed by atoms with E-state index in [1.807, 2.05) is 0 Å². The highest BCUT2D eigenvalue weighted by Gasteiger charge is 2.26. The summed E-state index contributed by atoms with van der Waals surface area (Å²) in [5.41, 5.74) is -0.427. The smallest absolute Gasteiger partial charge is 0.343 e. The topological polar surface area (TPSA) is 61.2 Å². The van der Waals surface area contributed by atoms with Crippen LogP contribution in [0.2, 0.25) is 5.15 Å². The van der Waals surface area contributed by atoms with Gasteiger partial charge >= 0.3 is 5.97 Å². The van der Waals surface area contributed by atoms with Crippen LogP contribution in [-0.2, 0) is 4.74 Å². The lowest BCUT2D eigenvalue weighted by molar-refractivity contribution is 0.0524. The van der Waals surface area contributed by atoms with Gasteiger partial charge in [-0.25, -0.2) is 14.2 Å². The van der Waals surface area contributed by atoms with E-state index >= 15 is 0 Å². The fourth-order valence-electron chi connectivity index (χ4n) is 2.24. The Bertz CT molecular complexity index is 820. The highest BCUT2D eigenvalue weighted by molar-refractivity contribution is 8.00. The van der Waals surface area contributed by atoms with Gasteiger partial charge in [0.05, 0.1) is 18.0 Å². The lowest BCUT2D eigenvalue weighted by Gasteiger charge is -2.29. The Kier molecular flexibility index (Phi) is 4.10. The number of nitrogens with zero attached hydrogens (tertiary/aromatic N) is 2. The highest BCUT2D eigenvalue weighted by Crippen LogP contribution is 2.31. The Morgan fingerprint density at radius 2 is 2.32 bits per heavy atom. The van der Waals surface area contributed by atoms with Crippen LogP contribution in [0.15, 0.2) is 17.1 Å². The lowest BCUT2D eigenvalue weighted by Crippen LogP contribution is -2.28. The molecule has 0 radical (unpaired) electrons. The van der Waals surface area contributed by atoms with Crippen LogP contribution in [0.25, 0.3) is 11.0 Å². The van der Waals surface area contributed by atoms with Gasteiger partial charge in [-0.1, -0.05) is 11.6 Å². The van der Waals surface area contributed by atoms with Gasteiger partial charge in [0, 0.05) is 17.7 Å². The molecule has 5 nitrogen and oxygen atoms in total. The predicted molar refractivity (Wildman–Crippen MR) is 83.3 cm³/mol. The number of fused-ring (bicyclic) bond motifs is 1. The minimum atomic E-state index is -0.790. The Hall–Kier alpha value is -1.60. The van der Waals surface area contributed by atoms with Gasteiger partial charge in [0.2, 0.25) is 5.43 Å². The van der Waals surface area contributed by atoms with Crippen LogP contribution in [-0.4, -0.2) is 33.6 Å². The molecule has 0 amide bonds. The summed E-state index contributed by atoms with van der Waals surface area (Å²) in [7, 11) is 0. The number of carbonyl (C=O) groups excluding carboxylic acids is 1. The van der Waals surface area contributed by atoms with Gasteiger partial charge in [-0.15, -0.1) is 0 Å². The molecule has 0 unspecified atom stereocenters. The molecular formula is C14H12ClFN2O3S. The van der Waals surface area contributed by atoms with Crippen molar-refractivity contribution in [2.75, 3.05) is 18.1 Å². The first-order chi connectivity index (χ1) is 10.5. The number of carbonyl (C=O) groups is 1. The molecule has 0 atom stereocenters. The summed E-state index contributed by atoms with van der Waals surface area (Å²) < 4.78 is 20.3. The second-order valence-corrected chi connectivity index (χ2v) is 6.26. The zero-order chi connectivity index (χ0) is 15.9. The van der Waals surface area contributed by atoms with Crippen molar-refractivity contribution >= 4 is 40.4 Å². The molecule has 1 fully saturated rings. The maximum Gasteiger partial charge on any atom is 0.343 e. The van der Waals surface area contributed by atoms with Gasteiger partial charge in [-0.05, 0) is 13.0 Å². The van der Waals surface area contributed by atoms with Crippen LogP contribution in [0.4, 0.5) is 4.39 Å². The minimum absolute atomic E-state index is 0.0318. The Morgan fingerprint density at radius 1 is 1.59 bits per heavy atom.